The predicted molar refractivity (Wildman–Crippen MR) is 120 cm³/mol. The zero-order valence-electron chi connectivity index (χ0n) is 17.6. The van der Waals surface area contributed by atoms with Gasteiger partial charge in [-0.15, -0.1) is 0 Å². The van der Waals surface area contributed by atoms with Crippen LogP contribution >= 0.6 is 15.9 Å². The van der Waals surface area contributed by atoms with Crippen molar-refractivity contribution in [2.45, 2.75) is 13.5 Å². The summed E-state index contributed by atoms with van der Waals surface area (Å²) in [7, 11) is 0. The number of benzene rings is 2. The number of pyridine rings is 1. The smallest absolute Gasteiger partial charge is 0.404 e. The number of halogens is 5. The van der Waals surface area contributed by atoms with E-state index in [1.165, 1.54) is 31.2 Å². The van der Waals surface area contributed by atoms with Gasteiger partial charge in [0.25, 0.3) is 5.56 Å². The monoisotopic (exact) mass is 540 g/mol. The van der Waals surface area contributed by atoms with Crippen LogP contribution in [0.15, 0.2) is 51.7 Å². The van der Waals surface area contributed by atoms with E-state index >= 15 is 0 Å². The highest BCUT2D eigenvalue weighted by Gasteiger charge is 2.20. The van der Waals surface area contributed by atoms with Crippen molar-refractivity contribution in [1.29, 1.82) is 0 Å². The lowest BCUT2D eigenvalue weighted by Gasteiger charge is -2.16. The fourth-order valence-corrected chi connectivity index (χ4v) is 3.47. The lowest BCUT2D eigenvalue weighted by Crippen LogP contribution is -2.24. The van der Waals surface area contributed by atoms with E-state index in [1.54, 1.807) is 0 Å². The number of amides is 1. The standard InChI is InChI=1S/C23H17BrF4N2O4/c1-12-7-19(34-11-14-4-5-15(25)10-16(14)26)20(24)22(31)30(12)21-17(27)8-13(9-18(21)28)3-2-6-33-23(29)32/h2-5,7-10H,6,11H2,1H3,(H2,29,32). The van der Waals surface area contributed by atoms with Crippen molar-refractivity contribution in [3.8, 4) is 11.4 Å². The van der Waals surface area contributed by atoms with Crippen LogP contribution < -0.4 is 16.0 Å². The van der Waals surface area contributed by atoms with Gasteiger partial charge in [-0.3, -0.25) is 9.36 Å². The lowest BCUT2D eigenvalue weighted by molar-refractivity contribution is 0.169. The molecule has 1 heterocycles. The minimum atomic E-state index is -1.02. The molecule has 2 N–H and O–H groups in total. The van der Waals surface area contributed by atoms with Gasteiger partial charge in [0.15, 0.2) is 11.6 Å². The van der Waals surface area contributed by atoms with Crippen LogP contribution in [0.1, 0.15) is 16.8 Å². The van der Waals surface area contributed by atoms with Gasteiger partial charge in [0, 0.05) is 23.4 Å². The van der Waals surface area contributed by atoms with Gasteiger partial charge in [-0.2, -0.15) is 0 Å². The number of aromatic nitrogens is 1. The van der Waals surface area contributed by atoms with Gasteiger partial charge in [0.1, 0.15) is 40.8 Å². The lowest BCUT2D eigenvalue weighted by atomic mass is 10.1. The maximum Gasteiger partial charge on any atom is 0.404 e. The zero-order chi connectivity index (χ0) is 25.0. The fraction of sp³-hybridized carbons (Fsp3) is 0.130. The first-order valence-electron chi connectivity index (χ1n) is 9.65. The third-order valence-electron chi connectivity index (χ3n) is 4.59. The van der Waals surface area contributed by atoms with Crippen LogP contribution in [-0.4, -0.2) is 17.3 Å². The van der Waals surface area contributed by atoms with Crippen LogP contribution in [0.4, 0.5) is 22.4 Å². The van der Waals surface area contributed by atoms with E-state index in [1.807, 2.05) is 0 Å². The number of primary amides is 1. The SMILES string of the molecule is Cc1cc(OCc2ccc(F)cc2F)c(Br)c(=O)n1-c1c(F)cc(C=CCOC(N)=O)cc1F. The van der Waals surface area contributed by atoms with Crippen LogP contribution in [0.25, 0.3) is 11.8 Å². The molecule has 0 aliphatic rings. The molecule has 6 nitrogen and oxygen atoms in total. The van der Waals surface area contributed by atoms with Gasteiger partial charge in [-0.25, -0.2) is 22.4 Å². The van der Waals surface area contributed by atoms with Gasteiger partial charge >= 0.3 is 6.09 Å². The Morgan fingerprint density at radius 3 is 2.38 bits per heavy atom. The second kappa shape index (κ2) is 10.6. The number of hydrogen-bond donors (Lipinski definition) is 1. The minimum absolute atomic E-state index is 0.0114. The van der Waals surface area contributed by atoms with Gasteiger partial charge in [-0.05, 0) is 58.8 Å². The molecule has 34 heavy (non-hydrogen) atoms. The second-order valence-electron chi connectivity index (χ2n) is 6.99. The molecule has 0 spiro atoms. The molecule has 1 aromatic heterocycles. The quantitative estimate of drug-likeness (QED) is 0.420. The second-order valence-corrected chi connectivity index (χ2v) is 7.79. The molecule has 0 aliphatic heterocycles. The summed E-state index contributed by atoms with van der Waals surface area (Å²) in [6.45, 7) is 0.943. The number of carbonyl (C=O) groups is 1. The molecule has 2 aromatic carbocycles. The number of ether oxygens (including phenoxy) is 2. The van der Waals surface area contributed by atoms with E-state index in [0.29, 0.717) is 6.07 Å². The van der Waals surface area contributed by atoms with Gasteiger partial charge in [-0.1, -0.05) is 6.08 Å². The Morgan fingerprint density at radius 2 is 1.76 bits per heavy atom. The predicted octanol–water partition coefficient (Wildman–Crippen LogP) is 5.15. The van der Waals surface area contributed by atoms with E-state index in [9.17, 15) is 27.2 Å². The molecule has 0 saturated carbocycles. The van der Waals surface area contributed by atoms with Crippen molar-refractivity contribution < 1.29 is 31.8 Å². The van der Waals surface area contributed by atoms with Crippen molar-refractivity contribution in [1.82, 2.24) is 4.57 Å². The van der Waals surface area contributed by atoms with Crippen molar-refractivity contribution in [2.75, 3.05) is 6.61 Å². The minimum Gasteiger partial charge on any atom is -0.487 e. The molecule has 0 radical (unpaired) electrons. The normalized spacial score (nSPS) is 11.1. The molecule has 1 amide bonds. The molecule has 3 aromatic rings. The first-order valence-corrected chi connectivity index (χ1v) is 10.4. The number of nitrogens with two attached hydrogens (primary N) is 1. The first kappa shape index (κ1) is 25.0. The van der Waals surface area contributed by atoms with Crippen LogP contribution in [0.3, 0.4) is 0 Å². The zero-order valence-corrected chi connectivity index (χ0v) is 19.2. The van der Waals surface area contributed by atoms with E-state index in [4.69, 9.17) is 10.5 Å². The Labute approximate surface area is 199 Å². The molecule has 11 heteroatoms. The largest absolute Gasteiger partial charge is 0.487 e. The molecule has 0 saturated heterocycles. The van der Waals surface area contributed by atoms with Gasteiger partial charge < -0.3 is 15.2 Å². The van der Waals surface area contributed by atoms with Crippen molar-refractivity contribution in [3.63, 3.8) is 0 Å². The molecule has 178 valence electrons. The summed E-state index contributed by atoms with van der Waals surface area (Å²) in [6.07, 6.45) is 1.66. The summed E-state index contributed by atoms with van der Waals surface area (Å²) in [5.74, 6) is -3.59. The number of aryl methyl sites for hydroxylation is 1. The molecule has 3 rings (SSSR count). The first-order chi connectivity index (χ1) is 16.1. The highest BCUT2D eigenvalue weighted by molar-refractivity contribution is 9.10. The Kier molecular flexibility index (Phi) is 7.77. The average Bonchev–Trinajstić information content (AvgIpc) is 2.75. The molecular formula is C23H17BrF4N2O4. The fourth-order valence-electron chi connectivity index (χ4n) is 3.07. The Morgan fingerprint density at radius 1 is 1.09 bits per heavy atom. The molecule has 0 fully saturated rings. The Balaban J connectivity index is 1.91. The van der Waals surface area contributed by atoms with Gasteiger partial charge in [0.2, 0.25) is 0 Å². The molecule has 0 bridgehead atoms. The summed E-state index contributed by atoms with van der Waals surface area (Å²) in [6, 6.07) is 6.32. The molecular weight excluding hydrogens is 524 g/mol. The summed E-state index contributed by atoms with van der Waals surface area (Å²) < 4.78 is 67.2. The number of rotatable bonds is 7. The van der Waals surface area contributed by atoms with Crippen molar-refractivity contribution in [3.05, 3.63) is 97.4 Å². The van der Waals surface area contributed by atoms with E-state index in [0.717, 1.165) is 22.8 Å². The van der Waals surface area contributed by atoms with Crippen LogP contribution in [-0.2, 0) is 11.3 Å². The van der Waals surface area contributed by atoms with E-state index in [2.05, 4.69) is 20.7 Å². The van der Waals surface area contributed by atoms with E-state index < -0.39 is 40.6 Å². The summed E-state index contributed by atoms with van der Waals surface area (Å²) in [5.41, 5.74) is 3.72. The Bertz CT molecular complexity index is 1320. The summed E-state index contributed by atoms with van der Waals surface area (Å²) in [5, 5.41) is 0. The molecule has 0 unspecified atom stereocenters. The highest BCUT2D eigenvalue weighted by atomic mass is 79.9. The maximum atomic E-state index is 14.8. The number of hydrogen-bond acceptors (Lipinski definition) is 4. The third-order valence-corrected chi connectivity index (χ3v) is 5.32. The molecule has 0 atom stereocenters. The summed E-state index contributed by atoms with van der Waals surface area (Å²) in [4.78, 5) is 23.4. The van der Waals surface area contributed by atoms with Crippen LogP contribution in [0.5, 0.6) is 5.75 Å². The number of nitrogens with zero attached hydrogens (tertiary/aromatic N) is 1. The average molecular weight is 541 g/mol. The van der Waals surface area contributed by atoms with Crippen molar-refractivity contribution >= 4 is 28.1 Å². The van der Waals surface area contributed by atoms with E-state index in [-0.39, 0.29) is 40.3 Å². The third kappa shape index (κ3) is 5.66. The number of carbonyl (C=O) groups excluding carboxylic acids is 1. The van der Waals surface area contributed by atoms with Crippen molar-refractivity contribution in [2.24, 2.45) is 5.73 Å². The van der Waals surface area contributed by atoms with Crippen LogP contribution in [0.2, 0.25) is 0 Å². The highest BCUT2D eigenvalue weighted by Crippen LogP contribution is 2.27. The molecule has 0 aliphatic carbocycles. The van der Waals surface area contributed by atoms with Crippen LogP contribution in [0, 0.1) is 30.2 Å². The maximum absolute atomic E-state index is 14.8. The summed E-state index contributed by atoms with van der Waals surface area (Å²) >= 11 is 3.06. The topological polar surface area (TPSA) is 83.6 Å². The van der Waals surface area contributed by atoms with Gasteiger partial charge in [0.05, 0.1) is 0 Å². The Hall–Kier alpha value is -3.60.